The molecule has 1 heterocycles. The fourth-order valence-electron chi connectivity index (χ4n) is 2.35. The lowest BCUT2D eigenvalue weighted by Crippen LogP contribution is -2.15. The number of hydrogen-bond donors (Lipinski definition) is 2. The van der Waals surface area contributed by atoms with Crippen molar-refractivity contribution >= 4 is 0 Å². The third-order valence-electron chi connectivity index (χ3n) is 3.50. The highest BCUT2D eigenvalue weighted by atomic mass is 16.5. The molecule has 0 aliphatic rings. The highest BCUT2D eigenvalue weighted by Gasteiger charge is 2.15. The average molecular weight is 294 g/mol. The van der Waals surface area contributed by atoms with Crippen molar-refractivity contribution in [3.8, 4) is 17.1 Å². The molecule has 112 valence electrons. The van der Waals surface area contributed by atoms with Crippen LogP contribution in [-0.2, 0) is 6.42 Å². The van der Waals surface area contributed by atoms with Gasteiger partial charge in [0.15, 0.2) is 5.82 Å². The maximum atomic E-state index is 6.22. The van der Waals surface area contributed by atoms with Crippen molar-refractivity contribution in [3.63, 3.8) is 0 Å². The fraction of sp³-hybridized carbons (Fsp3) is 0.176. The minimum atomic E-state index is -0.224. The number of hydrogen-bond acceptors (Lipinski definition) is 4. The Hall–Kier alpha value is -2.66. The molecule has 2 aromatic carbocycles. The van der Waals surface area contributed by atoms with Crippen molar-refractivity contribution in [2.24, 2.45) is 5.73 Å². The van der Waals surface area contributed by atoms with E-state index < -0.39 is 0 Å². The normalized spacial score (nSPS) is 12.1. The second-order valence-electron chi connectivity index (χ2n) is 5.04. The first-order chi connectivity index (χ1) is 10.8. The van der Waals surface area contributed by atoms with Crippen LogP contribution in [0.25, 0.3) is 11.4 Å². The number of benzene rings is 2. The van der Waals surface area contributed by atoms with Crippen molar-refractivity contribution < 1.29 is 4.74 Å². The van der Waals surface area contributed by atoms with Gasteiger partial charge in [0.05, 0.1) is 18.7 Å². The highest BCUT2D eigenvalue weighted by molar-refractivity contribution is 5.63. The van der Waals surface area contributed by atoms with Gasteiger partial charge >= 0.3 is 0 Å². The van der Waals surface area contributed by atoms with Gasteiger partial charge in [0, 0.05) is 0 Å². The molecule has 0 spiro atoms. The van der Waals surface area contributed by atoms with E-state index in [1.54, 1.807) is 7.11 Å². The summed E-state index contributed by atoms with van der Waals surface area (Å²) in [6.45, 7) is 0. The fourth-order valence-corrected chi connectivity index (χ4v) is 2.35. The van der Waals surface area contributed by atoms with Crippen LogP contribution in [-0.4, -0.2) is 22.3 Å². The number of ether oxygens (including phenoxy) is 1. The summed E-state index contributed by atoms with van der Waals surface area (Å²) in [5.74, 6) is 2.01. The van der Waals surface area contributed by atoms with Crippen LogP contribution in [0.1, 0.15) is 17.4 Å². The molecule has 0 aliphatic carbocycles. The number of nitrogens with zero attached hydrogens (tertiary/aromatic N) is 2. The quantitative estimate of drug-likeness (QED) is 0.758. The molecule has 3 rings (SSSR count). The standard InChI is InChI=1S/C17H18N4O/c1-22-15-10-6-5-9-13(15)16-19-17(21-20-16)14(18)11-12-7-3-2-4-8-12/h2-10,14H,11,18H2,1H3,(H,19,20,21). The van der Waals surface area contributed by atoms with Gasteiger partial charge in [-0.15, -0.1) is 0 Å². The van der Waals surface area contributed by atoms with Crippen LogP contribution in [0.4, 0.5) is 0 Å². The summed E-state index contributed by atoms with van der Waals surface area (Å²) in [6.07, 6.45) is 0.710. The zero-order valence-electron chi connectivity index (χ0n) is 12.4. The van der Waals surface area contributed by atoms with Crippen molar-refractivity contribution in [3.05, 3.63) is 66.0 Å². The van der Waals surface area contributed by atoms with Gasteiger partial charge in [0.1, 0.15) is 11.6 Å². The number of nitrogens with two attached hydrogens (primary N) is 1. The summed E-state index contributed by atoms with van der Waals surface area (Å²) in [7, 11) is 1.63. The second kappa shape index (κ2) is 6.41. The van der Waals surface area contributed by atoms with Crippen molar-refractivity contribution in [2.45, 2.75) is 12.5 Å². The molecular weight excluding hydrogens is 276 g/mol. The van der Waals surface area contributed by atoms with E-state index in [1.165, 1.54) is 5.56 Å². The van der Waals surface area contributed by atoms with Crippen molar-refractivity contribution in [1.82, 2.24) is 15.2 Å². The van der Waals surface area contributed by atoms with Gasteiger partial charge in [-0.05, 0) is 24.1 Å². The van der Waals surface area contributed by atoms with Crippen LogP contribution in [0.3, 0.4) is 0 Å². The molecule has 0 radical (unpaired) electrons. The molecule has 0 aliphatic heterocycles. The van der Waals surface area contributed by atoms with E-state index in [0.717, 1.165) is 11.3 Å². The predicted molar refractivity (Wildman–Crippen MR) is 85.4 cm³/mol. The summed E-state index contributed by atoms with van der Waals surface area (Å²) in [5, 5.41) is 7.20. The van der Waals surface area contributed by atoms with Gasteiger partial charge < -0.3 is 10.5 Å². The van der Waals surface area contributed by atoms with E-state index in [1.807, 2.05) is 42.5 Å². The lowest BCUT2D eigenvalue weighted by atomic mass is 10.1. The molecule has 1 unspecified atom stereocenters. The van der Waals surface area contributed by atoms with Crippen LogP contribution in [0.15, 0.2) is 54.6 Å². The number of aromatic nitrogens is 3. The molecule has 0 saturated heterocycles. The molecule has 22 heavy (non-hydrogen) atoms. The van der Waals surface area contributed by atoms with Crippen LogP contribution in [0.5, 0.6) is 5.75 Å². The molecule has 1 aromatic heterocycles. The Morgan fingerprint density at radius 1 is 1.09 bits per heavy atom. The molecule has 3 aromatic rings. The first-order valence-corrected chi connectivity index (χ1v) is 7.13. The Morgan fingerprint density at radius 2 is 1.82 bits per heavy atom. The molecule has 3 N–H and O–H groups in total. The van der Waals surface area contributed by atoms with E-state index in [9.17, 15) is 0 Å². The smallest absolute Gasteiger partial charge is 0.184 e. The lowest BCUT2D eigenvalue weighted by molar-refractivity contribution is 0.416. The minimum Gasteiger partial charge on any atom is -0.496 e. The molecule has 5 nitrogen and oxygen atoms in total. The SMILES string of the molecule is COc1ccccc1-c1n[nH]c(C(N)Cc2ccccc2)n1. The number of H-pyrrole nitrogens is 1. The van der Waals surface area contributed by atoms with E-state index in [4.69, 9.17) is 10.5 Å². The van der Waals surface area contributed by atoms with Gasteiger partial charge in [-0.1, -0.05) is 42.5 Å². The van der Waals surface area contributed by atoms with E-state index >= 15 is 0 Å². The van der Waals surface area contributed by atoms with Crippen LogP contribution in [0.2, 0.25) is 0 Å². The average Bonchev–Trinajstić information content (AvgIpc) is 3.05. The summed E-state index contributed by atoms with van der Waals surface area (Å²) in [4.78, 5) is 4.51. The van der Waals surface area contributed by atoms with E-state index in [-0.39, 0.29) is 6.04 Å². The van der Waals surface area contributed by atoms with Gasteiger partial charge in [-0.25, -0.2) is 4.98 Å². The molecule has 0 fully saturated rings. The third kappa shape index (κ3) is 2.99. The molecule has 0 saturated carbocycles. The largest absolute Gasteiger partial charge is 0.496 e. The second-order valence-corrected chi connectivity index (χ2v) is 5.04. The number of nitrogens with one attached hydrogen (secondary N) is 1. The van der Waals surface area contributed by atoms with E-state index in [2.05, 4.69) is 27.3 Å². The number of methoxy groups -OCH3 is 1. The first-order valence-electron chi connectivity index (χ1n) is 7.13. The predicted octanol–water partition coefficient (Wildman–Crippen LogP) is 2.72. The summed E-state index contributed by atoms with van der Waals surface area (Å²) in [5.41, 5.74) is 8.24. The number of aromatic amines is 1. The monoisotopic (exact) mass is 294 g/mol. The van der Waals surface area contributed by atoms with Crippen molar-refractivity contribution in [1.29, 1.82) is 0 Å². The molecule has 5 heteroatoms. The molecule has 0 amide bonds. The van der Waals surface area contributed by atoms with Gasteiger partial charge in [-0.3, -0.25) is 5.10 Å². The van der Waals surface area contributed by atoms with Crippen LogP contribution >= 0.6 is 0 Å². The van der Waals surface area contributed by atoms with Gasteiger partial charge in [0.2, 0.25) is 0 Å². The molecule has 1 atom stereocenters. The third-order valence-corrected chi connectivity index (χ3v) is 3.50. The van der Waals surface area contributed by atoms with Crippen LogP contribution in [0, 0.1) is 0 Å². The summed E-state index contributed by atoms with van der Waals surface area (Å²) < 4.78 is 5.34. The van der Waals surface area contributed by atoms with Gasteiger partial charge in [0.25, 0.3) is 0 Å². The zero-order valence-corrected chi connectivity index (χ0v) is 12.4. The summed E-state index contributed by atoms with van der Waals surface area (Å²) >= 11 is 0. The van der Waals surface area contributed by atoms with Crippen molar-refractivity contribution in [2.75, 3.05) is 7.11 Å². The Balaban J connectivity index is 1.81. The molecule has 0 bridgehead atoms. The summed E-state index contributed by atoms with van der Waals surface area (Å²) in [6, 6.07) is 17.5. The van der Waals surface area contributed by atoms with E-state index in [0.29, 0.717) is 18.1 Å². The maximum Gasteiger partial charge on any atom is 0.184 e. The zero-order chi connectivity index (χ0) is 15.4. The lowest BCUT2D eigenvalue weighted by Gasteiger charge is -2.08. The Morgan fingerprint density at radius 3 is 2.59 bits per heavy atom. The topological polar surface area (TPSA) is 76.8 Å². The van der Waals surface area contributed by atoms with Crippen LogP contribution < -0.4 is 10.5 Å². The van der Waals surface area contributed by atoms with Gasteiger partial charge in [-0.2, -0.15) is 5.10 Å². The Labute approximate surface area is 129 Å². The Bertz CT molecular complexity index is 739. The minimum absolute atomic E-state index is 0.224. The maximum absolute atomic E-state index is 6.22. The number of para-hydroxylation sites is 1. The highest BCUT2D eigenvalue weighted by Crippen LogP contribution is 2.27. The molecular formula is C17H18N4O. The number of rotatable bonds is 5. The first kappa shape index (κ1) is 14.3. The Kier molecular flexibility index (Phi) is 4.16.